The predicted molar refractivity (Wildman–Crippen MR) is 119 cm³/mol. The number of hydrogen-bond donors (Lipinski definition) is 2. The SMILES string of the molecule is CCNC(=NCCCN(C)Cc1ccccc1)NCCc1ccco1.I. The third kappa shape index (κ3) is 9.24. The molecule has 0 aliphatic carbocycles. The number of aliphatic imine (C=N–C) groups is 1. The molecule has 5 nitrogen and oxygen atoms in total. The first-order valence-electron chi connectivity index (χ1n) is 9.05. The van der Waals surface area contributed by atoms with Crippen molar-refractivity contribution < 1.29 is 4.42 Å². The van der Waals surface area contributed by atoms with Gasteiger partial charge in [0.15, 0.2) is 5.96 Å². The van der Waals surface area contributed by atoms with Crippen LogP contribution in [0.2, 0.25) is 0 Å². The van der Waals surface area contributed by atoms with Gasteiger partial charge in [-0.1, -0.05) is 30.3 Å². The molecule has 0 radical (unpaired) electrons. The molecule has 0 atom stereocenters. The topological polar surface area (TPSA) is 52.8 Å². The fourth-order valence-corrected chi connectivity index (χ4v) is 2.61. The standard InChI is InChI=1S/C20H30N4O.HI/c1-3-21-20(23-14-12-19-11-7-16-25-19)22-13-8-15-24(2)17-18-9-5-4-6-10-18;/h4-7,9-11,16H,3,8,12-15,17H2,1-2H3,(H2,21,22,23);1H. The molecule has 2 rings (SSSR count). The molecular weight excluding hydrogens is 439 g/mol. The average Bonchev–Trinajstić information content (AvgIpc) is 3.13. The lowest BCUT2D eigenvalue weighted by molar-refractivity contribution is 0.324. The Morgan fingerprint density at radius 3 is 2.62 bits per heavy atom. The summed E-state index contributed by atoms with van der Waals surface area (Å²) in [6.07, 6.45) is 3.61. The van der Waals surface area contributed by atoms with Crippen LogP contribution in [-0.4, -0.2) is 44.1 Å². The van der Waals surface area contributed by atoms with E-state index >= 15 is 0 Å². The van der Waals surface area contributed by atoms with Crippen LogP contribution in [0.15, 0.2) is 58.1 Å². The van der Waals surface area contributed by atoms with Crippen molar-refractivity contribution in [3.05, 3.63) is 60.1 Å². The molecule has 2 N–H and O–H groups in total. The van der Waals surface area contributed by atoms with Crippen molar-refractivity contribution >= 4 is 29.9 Å². The Labute approximate surface area is 174 Å². The molecule has 6 heteroatoms. The van der Waals surface area contributed by atoms with Crippen LogP contribution in [-0.2, 0) is 13.0 Å². The second kappa shape index (κ2) is 13.6. The van der Waals surface area contributed by atoms with E-state index in [2.05, 4.69) is 64.8 Å². The van der Waals surface area contributed by atoms with Gasteiger partial charge in [-0.05, 0) is 44.6 Å². The van der Waals surface area contributed by atoms with E-state index in [0.29, 0.717) is 0 Å². The minimum atomic E-state index is 0. The van der Waals surface area contributed by atoms with E-state index in [9.17, 15) is 0 Å². The zero-order valence-electron chi connectivity index (χ0n) is 15.8. The molecule has 0 fully saturated rings. The van der Waals surface area contributed by atoms with Crippen LogP contribution in [0.1, 0.15) is 24.7 Å². The molecule has 1 aromatic carbocycles. The minimum Gasteiger partial charge on any atom is -0.469 e. The van der Waals surface area contributed by atoms with Gasteiger partial charge >= 0.3 is 0 Å². The summed E-state index contributed by atoms with van der Waals surface area (Å²) in [7, 11) is 2.16. The first-order valence-corrected chi connectivity index (χ1v) is 9.05. The smallest absolute Gasteiger partial charge is 0.191 e. The predicted octanol–water partition coefficient (Wildman–Crippen LogP) is 3.52. The summed E-state index contributed by atoms with van der Waals surface area (Å²) in [5, 5.41) is 6.64. The van der Waals surface area contributed by atoms with E-state index in [4.69, 9.17) is 4.42 Å². The van der Waals surface area contributed by atoms with E-state index in [1.165, 1.54) is 5.56 Å². The summed E-state index contributed by atoms with van der Waals surface area (Å²) in [4.78, 5) is 6.98. The highest BCUT2D eigenvalue weighted by Gasteiger charge is 2.01. The number of benzene rings is 1. The maximum atomic E-state index is 5.34. The van der Waals surface area contributed by atoms with Gasteiger partial charge in [-0.25, -0.2) is 0 Å². The van der Waals surface area contributed by atoms with Gasteiger partial charge in [0.2, 0.25) is 0 Å². The summed E-state index contributed by atoms with van der Waals surface area (Å²) in [6.45, 7) is 6.58. The van der Waals surface area contributed by atoms with Gasteiger partial charge in [0.25, 0.3) is 0 Å². The fraction of sp³-hybridized carbons (Fsp3) is 0.450. The van der Waals surface area contributed by atoms with Gasteiger partial charge in [-0.2, -0.15) is 0 Å². The molecule has 1 aromatic heterocycles. The second-order valence-electron chi connectivity index (χ2n) is 6.09. The van der Waals surface area contributed by atoms with Gasteiger partial charge in [-0.15, -0.1) is 24.0 Å². The van der Waals surface area contributed by atoms with Crippen LogP contribution in [0.5, 0.6) is 0 Å². The number of guanidine groups is 1. The Morgan fingerprint density at radius 1 is 1.12 bits per heavy atom. The Hall–Kier alpha value is -1.54. The normalized spacial score (nSPS) is 11.3. The summed E-state index contributed by atoms with van der Waals surface area (Å²) in [6, 6.07) is 14.5. The highest BCUT2D eigenvalue weighted by atomic mass is 127. The average molecular weight is 470 g/mol. The Morgan fingerprint density at radius 2 is 1.92 bits per heavy atom. The van der Waals surface area contributed by atoms with Crippen molar-refractivity contribution in [2.24, 2.45) is 4.99 Å². The van der Waals surface area contributed by atoms with Crippen LogP contribution in [0.25, 0.3) is 0 Å². The van der Waals surface area contributed by atoms with Gasteiger partial charge in [0.05, 0.1) is 6.26 Å². The number of furan rings is 1. The van der Waals surface area contributed by atoms with Crippen LogP contribution < -0.4 is 10.6 Å². The molecular formula is C20H31IN4O. The first kappa shape index (κ1) is 22.5. The quantitative estimate of drug-likeness (QED) is 0.242. The molecule has 144 valence electrons. The number of nitrogens with zero attached hydrogens (tertiary/aromatic N) is 2. The number of nitrogens with one attached hydrogen (secondary N) is 2. The Bertz CT molecular complexity index is 602. The van der Waals surface area contributed by atoms with Crippen molar-refractivity contribution in [1.82, 2.24) is 15.5 Å². The summed E-state index contributed by atoms with van der Waals surface area (Å²) < 4.78 is 5.34. The second-order valence-corrected chi connectivity index (χ2v) is 6.09. The fourth-order valence-electron chi connectivity index (χ4n) is 2.61. The third-order valence-electron chi connectivity index (χ3n) is 3.85. The summed E-state index contributed by atoms with van der Waals surface area (Å²) in [5.74, 6) is 1.87. The molecule has 2 aromatic rings. The zero-order valence-corrected chi connectivity index (χ0v) is 18.1. The van der Waals surface area contributed by atoms with Gasteiger partial charge in [0, 0.05) is 32.6 Å². The van der Waals surface area contributed by atoms with Gasteiger partial charge in [-0.3, -0.25) is 4.99 Å². The molecule has 0 spiro atoms. The molecule has 0 aliphatic heterocycles. The lowest BCUT2D eigenvalue weighted by atomic mass is 10.2. The lowest BCUT2D eigenvalue weighted by Gasteiger charge is -2.16. The third-order valence-corrected chi connectivity index (χ3v) is 3.85. The maximum Gasteiger partial charge on any atom is 0.191 e. The van der Waals surface area contributed by atoms with Crippen molar-refractivity contribution in [3.63, 3.8) is 0 Å². The van der Waals surface area contributed by atoms with Crippen LogP contribution in [0.4, 0.5) is 0 Å². The van der Waals surface area contributed by atoms with Crippen molar-refractivity contribution in [1.29, 1.82) is 0 Å². The summed E-state index contributed by atoms with van der Waals surface area (Å²) >= 11 is 0. The number of rotatable bonds is 10. The van der Waals surface area contributed by atoms with E-state index in [0.717, 1.165) is 57.3 Å². The zero-order chi connectivity index (χ0) is 17.7. The van der Waals surface area contributed by atoms with Crippen molar-refractivity contribution in [2.75, 3.05) is 33.2 Å². The molecule has 1 heterocycles. The largest absolute Gasteiger partial charge is 0.469 e. The maximum absolute atomic E-state index is 5.34. The summed E-state index contributed by atoms with van der Waals surface area (Å²) in [5.41, 5.74) is 1.35. The van der Waals surface area contributed by atoms with Crippen LogP contribution in [0.3, 0.4) is 0 Å². The van der Waals surface area contributed by atoms with E-state index < -0.39 is 0 Å². The molecule has 0 aliphatic rings. The van der Waals surface area contributed by atoms with Crippen LogP contribution in [0, 0.1) is 0 Å². The Kier molecular flexibility index (Phi) is 11.8. The van der Waals surface area contributed by atoms with Crippen molar-refractivity contribution in [3.8, 4) is 0 Å². The van der Waals surface area contributed by atoms with E-state index in [1.54, 1.807) is 6.26 Å². The van der Waals surface area contributed by atoms with E-state index in [-0.39, 0.29) is 24.0 Å². The Balaban J connectivity index is 0.00000338. The van der Waals surface area contributed by atoms with E-state index in [1.807, 2.05) is 12.1 Å². The molecule has 26 heavy (non-hydrogen) atoms. The van der Waals surface area contributed by atoms with Gasteiger partial charge in [0.1, 0.15) is 5.76 Å². The highest BCUT2D eigenvalue weighted by molar-refractivity contribution is 14.0. The molecule has 0 unspecified atom stereocenters. The molecule has 0 saturated heterocycles. The molecule has 0 bridgehead atoms. The first-order chi connectivity index (χ1) is 12.3. The molecule has 0 amide bonds. The minimum absolute atomic E-state index is 0. The molecule has 0 saturated carbocycles. The number of halogens is 1. The monoisotopic (exact) mass is 470 g/mol. The lowest BCUT2D eigenvalue weighted by Crippen LogP contribution is -2.38. The highest BCUT2D eigenvalue weighted by Crippen LogP contribution is 2.03. The van der Waals surface area contributed by atoms with Crippen LogP contribution >= 0.6 is 24.0 Å². The van der Waals surface area contributed by atoms with Gasteiger partial charge < -0.3 is 20.0 Å². The van der Waals surface area contributed by atoms with Crippen molar-refractivity contribution in [2.45, 2.75) is 26.3 Å². The number of hydrogen-bond acceptors (Lipinski definition) is 3.